The minimum absolute atomic E-state index is 0.0475. The van der Waals surface area contributed by atoms with E-state index in [4.69, 9.17) is 9.47 Å². The molecule has 0 radical (unpaired) electrons. The summed E-state index contributed by atoms with van der Waals surface area (Å²) in [5, 5.41) is 0.530. The number of para-hydroxylation sites is 1. The van der Waals surface area contributed by atoms with E-state index in [-0.39, 0.29) is 16.1 Å². The molecule has 0 atom stereocenters. The molecule has 8 nitrogen and oxygen atoms in total. The summed E-state index contributed by atoms with van der Waals surface area (Å²) in [6, 6.07) is 19.7. The van der Waals surface area contributed by atoms with E-state index in [1.807, 2.05) is 6.92 Å². The van der Waals surface area contributed by atoms with E-state index in [0.717, 1.165) is 9.87 Å². The van der Waals surface area contributed by atoms with E-state index < -0.39 is 28.4 Å². The van der Waals surface area contributed by atoms with Crippen molar-refractivity contribution in [2.24, 2.45) is 0 Å². The van der Waals surface area contributed by atoms with Crippen LogP contribution in [-0.2, 0) is 14.8 Å². The Balaban J connectivity index is 1.82. The lowest BCUT2D eigenvalue weighted by atomic mass is 10.2. The van der Waals surface area contributed by atoms with Crippen LogP contribution >= 0.6 is 0 Å². The van der Waals surface area contributed by atoms with Gasteiger partial charge in [0, 0.05) is 17.6 Å². The van der Waals surface area contributed by atoms with Gasteiger partial charge in [-0.1, -0.05) is 42.0 Å². The van der Waals surface area contributed by atoms with Gasteiger partial charge in [0.1, 0.15) is 12.3 Å². The average molecular weight is 493 g/mol. The fourth-order valence-electron chi connectivity index (χ4n) is 3.78. The number of carbonyl (C=O) groups excluding carboxylic acids is 2. The maximum Gasteiger partial charge on any atom is 0.340 e. The first-order chi connectivity index (χ1) is 16.8. The maximum atomic E-state index is 13.7. The molecule has 0 fully saturated rings. The Morgan fingerprint density at radius 1 is 0.943 bits per heavy atom. The monoisotopic (exact) mass is 492 g/mol. The Morgan fingerprint density at radius 3 is 2.34 bits per heavy atom. The van der Waals surface area contributed by atoms with Gasteiger partial charge in [-0.05, 0) is 37.3 Å². The summed E-state index contributed by atoms with van der Waals surface area (Å²) in [5.41, 5.74) is 1.85. The molecule has 35 heavy (non-hydrogen) atoms. The highest BCUT2D eigenvalue weighted by molar-refractivity contribution is 7.92. The molecule has 180 valence electrons. The molecule has 0 unspecified atom stereocenters. The van der Waals surface area contributed by atoms with Gasteiger partial charge < -0.3 is 9.47 Å². The second kappa shape index (κ2) is 9.63. The Kier molecular flexibility index (Phi) is 6.61. The number of hydrogen-bond acceptors (Lipinski definition) is 6. The summed E-state index contributed by atoms with van der Waals surface area (Å²) in [7, 11) is -1.38. The molecule has 1 heterocycles. The van der Waals surface area contributed by atoms with Crippen LogP contribution in [0.15, 0.2) is 83.9 Å². The largest absolute Gasteiger partial charge is 0.497 e. The van der Waals surface area contributed by atoms with Crippen molar-refractivity contribution < 1.29 is 27.5 Å². The number of hydrogen-bond donors (Lipinski definition) is 0. The van der Waals surface area contributed by atoms with Gasteiger partial charge >= 0.3 is 5.97 Å². The minimum Gasteiger partial charge on any atom is -0.497 e. The molecule has 1 aromatic heterocycles. The van der Waals surface area contributed by atoms with Gasteiger partial charge in [-0.3, -0.25) is 13.7 Å². The molecule has 4 rings (SSSR count). The average Bonchev–Trinajstić information content (AvgIpc) is 3.27. The number of rotatable bonds is 7. The number of carbonyl (C=O) groups is 2. The highest BCUT2D eigenvalue weighted by Crippen LogP contribution is 2.28. The smallest absolute Gasteiger partial charge is 0.340 e. The van der Waals surface area contributed by atoms with Gasteiger partial charge in [-0.15, -0.1) is 0 Å². The quantitative estimate of drug-likeness (QED) is 0.358. The van der Waals surface area contributed by atoms with E-state index in [1.165, 1.54) is 37.1 Å². The molecule has 0 saturated carbocycles. The molecule has 0 aliphatic heterocycles. The number of methoxy groups -OCH3 is 2. The van der Waals surface area contributed by atoms with E-state index in [2.05, 4.69) is 0 Å². The standard InChI is InChI=1S/C26H24N2O6S/c1-18-11-13-21(14-12-18)35(31,32)28(19-7-6-8-20(15-19)33-2)17-25(29)27-16-23(26(30)34-3)22-9-4-5-10-24(22)27/h4-16H,17H2,1-3H3. The summed E-state index contributed by atoms with van der Waals surface area (Å²) >= 11 is 0. The zero-order chi connectivity index (χ0) is 25.2. The Bertz CT molecular complexity index is 1510. The molecule has 0 aliphatic rings. The molecule has 0 aliphatic carbocycles. The van der Waals surface area contributed by atoms with Gasteiger partial charge in [0.2, 0.25) is 0 Å². The third-order valence-electron chi connectivity index (χ3n) is 5.62. The van der Waals surface area contributed by atoms with Crippen LogP contribution in [0.1, 0.15) is 20.7 Å². The van der Waals surface area contributed by atoms with E-state index >= 15 is 0 Å². The van der Waals surface area contributed by atoms with Gasteiger partial charge in [-0.2, -0.15) is 0 Å². The Hall–Kier alpha value is -4.11. The predicted octanol–water partition coefficient (Wildman–Crippen LogP) is 4.28. The van der Waals surface area contributed by atoms with Crippen LogP contribution in [0.3, 0.4) is 0 Å². The van der Waals surface area contributed by atoms with Crippen LogP contribution in [-0.4, -0.2) is 45.6 Å². The van der Waals surface area contributed by atoms with Crippen LogP contribution in [0, 0.1) is 6.92 Å². The first kappa shape index (κ1) is 24.0. The van der Waals surface area contributed by atoms with Crippen LogP contribution < -0.4 is 9.04 Å². The molecule has 0 bridgehead atoms. The zero-order valence-corrected chi connectivity index (χ0v) is 20.3. The van der Waals surface area contributed by atoms with E-state index in [1.54, 1.807) is 60.7 Å². The Labute approximate surface area is 203 Å². The predicted molar refractivity (Wildman–Crippen MR) is 133 cm³/mol. The van der Waals surface area contributed by atoms with Gasteiger partial charge in [-0.25, -0.2) is 13.2 Å². The number of aromatic nitrogens is 1. The fraction of sp³-hybridized carbons (Fsp3) is 0.154. The SMILES string of the molecule is COC(=O)c1cn(C(=O)CN(c2cccc(OC)c2)S(=O)(=O)c2ccc(C)cc2)c2ccccc12. The van der Waals surface area contributed by atoms with Crippen LogP contribution in [0.2, 0.25) is 0 Å². The van der Waals surface area contributed by atoms with Crippen molar-refractivity contribution in [2.75, 3.05) is 25.1 Å². The number of esters is 1. The second-order valence-electron chi connectivity index (χ2n) is 7.84. The lowest BCUT2D eigenvalue weighted by Gasteiger charge is -2.24. The van der Waals surface area contributed by atoms with E-state index in [9.17, 15) is 18.0 Å². The summed E-state index contributed by atoms with van der Waals surface area (Å²) < 4.78 is 39.8. The number of nitrogens with zero attached hydrogens (tertiary/aromatic N) is 2. The number of aryl methyl sites for hydroxylation is 1. The third-order valence-corrected chi connectivity index (χ3v) is 7.40. The molecule has 0 amide bonds. The maximum absolute atomic E-state index is 13.7. The molecular weight excluding hydrogens is 468 g/mol. The van der Waals surface area contributed by atoms with Crippen molar-refractivity contribution in [1.29, 1.82) is 0 Å². The van der Waals surface area contributed by atoms with Crippen LogP contribution in [0.25, 0.3) is 10.9 Å². The van der Waals surface area contributed by atoms with Crippen molar-refractivity contribution in [1.82, 2.24) is 4.57 Å². The minimum atomic E-state index is -4.11. The lowest BCUT2D eigenvalue weighted by Crippen LogP contribution is -2.37. The summed E-state index contributed by atoms with van der Waals surface area (Å²) in [4.78, 5) is 25.9. The molecule has 4 aromatic rings. The third kappa shape index (κ3) is 4.63. The van der Waals surface area contributed by atoms with Gasteiger partial charge in [0.05, 0.1) is 35.9 Å². The molecule has 0 spiro atoms. The second-order valence-corrected chi connectivity index (χ2v) is 9.70. The number of sulfonamides is 1. The number of fused-ring (bicyclic) bond motifs is 1. The molecule has 0 saturated heterocycles. The van der Waals surface area contributed by atoms with Crippen LogP contribution in [0.4, 0.5) is 5.69 Å². The molecule has 0 N–H and O–H groups in total. The molecule has 3 aromatic carbocycles. The topological polar surface area (TPSA) is 94.9 Å². The van der Waals surface area contributed by atoms with Crippen LogP contribution in [0.5, 0.6) is 5.75 Å². The highest BCUT2D eigenvalue weighted by atomic mass is 32.2. The number of benzene rings is 3. The summed E-state index contributed by atoms with van der Waals surface area (Å²) in [5.74, 6) is -0.696. The van der Waals surface area contributed by atoms with Crippen molar-refractivity contribution >= 4 is 38.5 Å². The van der Waals surface area contributed by atoms with E-state index in [0.29, 0.717) is 16.7 Å². The fourth-order valence-corrected chi connectivity index (χ4v) is 5.18. The zero-order valence-electron chi connectivity index (χ0n) is 19.5. The van der Waals surface area contributed by atoms with Gasteiger partial charge in [0.15, 0.2) is 0 Å². The number of ether oxygens (including phenoxy) is 2. The lowest BCUT2D eigenvalue weighted by molar-refractivity contribution is 0.0603. The van der Waals surface area contributed by atoms with Gasteiger partial charge in [0.25, 0.3) is 15.9 Å². The summed E-state index contributed by atoms with van der Waals surface area (Å²) in [6.45, 7) is 1.35. The number of anilines is 1. The van der Waals surface area contributed by atoms with Crippen molar-refractivity contribution in [3.05, 3.63) is 90.1 Å². The van der Waals surface area contributed by atoms with Crippen molar-refractivity contribution in [3.8, 4) is 5.75 Å². The Morgan fingerprint density at radius 2 is 1.66 bits per heavy atom. The highest BCUT2D eigenvalue weighted by Gasteiger charge is 2.29. The van der Waals surface area contributed by atoms with Crippen molar-refractivity contribution in [3.63, 3.8) is 0 Å². The first-order valence-corrected chi connectivity index (χ1v) is 12.2. The molecular formula is C26H24N2O6S. The molecule has 9 heteroatoms. The normalized spacial score (nSPS) is 11.3. The first-order valence-electron chi connectivity index (χ1n) is 10.7. The summed E-state index contributed by atoms with van der Waals surface area (Å²) in [6.07, 6.45) is 1.38. The van der Waals surface area contributed by atoms with Crippen molar-refractivity contribution in [2.45, 2.75) is 11.8 Å².